The van der Waals surface area contributed by atoms with Crippen LogP contribution in [0.5, 0.6) is 0 Å². The number of allylic oxidation sites excluding steroid dienone is 1. The fourth-order valence-electron chi connectivity index (χ4n) is 5.94. The van der Waals surface area contributed by atoms with E-state index >= 15 is 0 Å². The molecule has 36 heavy (non-hydrogen) atoms. The summed E-state index contributed by atoms with van der Waals surface area (Å²) in [5.74, 6) is 1.88. The number of dihydropyridines is 1. The van der Waals surface area contributed by atoms with E-state index in [2.05, 4.69) is 37.0 Å². The number of halogens is 2. The number of likely N-dealkylation sites (tertiary alicyclic amines) is 1. The van der Waals surface area contributed by atoms with Crippen molar-refractivity contribution < 1.29 is 8.78 Å². The van der Waals surface area contributed by atoms with E-state index in [1.807, 2.05) is 12.1 Å². The van der Waals surface area contributed by atoms with E-state index in [4.69, 9.17) is 9.98 Å². The third kappa shape index (κ3) is 3.98. The van der Waals surface area contributed by atoms with Crippen molar-refractivity contribution in [1.29, 1.82) is 0 Å². The van der Waals surface area contributed by atoms with Crippen molar-refractivity contribution in [2.24, 2.45) is 27.7 Å². The third-order valence-corrected chi connectivity index (χ3v) is 7.89. The highest BCUT2D eigenvalue weighted by atomic mass is 19.1. The van der Waals surface area contributed by atoms with E-state index < -0.39 is 11.6 Å². The first kappa shape index (κ1) is 22.0. The largest absolute Gasteiger partial charge is 0.356 e. The molecule has 4 atom stereocenters. The Morgan fingerprint density at radius 2 is 1.89 bits per heavy atom. The van der Waals surface area contributed by atoms with Crippen LogP contribution < -0.4 is 16.0 Å². The molecule has 1 saturated carbocycles. The van der Waals surface area contributed by atoms with Gasteiger partial charge in [-0.1, -0.05) is 0 Å². The molecule has 2 aromatic heterocycles. The van der Waals surface area contributed by atoms with E-state index in [9.17, 15) is 8.78 Å². The lowest BCUT2D eigenvalue weighted by atomic mass is 9.91. The Kier molecular flexibility index (Phi) is 5.32. The number of fused-ring (bicyclic) bond motifs is 2. The van der Waals surface area contributed by atoms with E-state index in [0.29, 0.717) is 30.1 Å². The van der Waals surface area contributed by atoms with Crippen LogP contribution in [0.15, 0.2) is 51.7 Å². The summed E-state index contributed by atoms with van der Waals surface area (Å²) >= 11 is 0. The van der Waals surface area contributed by atoms with E-state index in [-0.39, 0.29) is 18.0 Å². The van der Waals surface area contributed by atoms with Crippen molar-refractivity contribution in [3.8, 4) is 0 Å². The predicted octanol–water partition coefficient (Wildman–Crippen LogP) is 2.81. The molecule has 0 bridgehead atoms. The van der Waals surface area contributed by atoms with E-state index in [1.165, 1.54) is 24.0 Å². The van der Waals surface area contributed by atoms with Crippen LogP contribution in [0, 0.1) is 29.4 Å². The lowest BCUT2D eigenvalue weighted by Gasteiger charge is -2.38. The zero-order chi connectivity index (χ0) is 24.2. The highest BCUT2D eigenvalue weighted by Crippen LogP contribution is 2.42. The Morgan fingerprint density at radius 3 is 2.67 bits per heavy atom. The number of anilines is 2. The maximum atomic E-state index is 14.1. The standard InChI is InChI=1S/C26H28F2N8/c27-18-6-20(28)25(32-9-18)34-22-5-15(3-4-31-22)24-33-21-11-30-10-19(14-1-2-14)23(21)26(35-24)36-12-16-7-29-8-17(16)13-36/h3-6,9-10,14,16-17,21,24,29,33H,1-2,7-8,11-13H2,(H,31,32,34). The van der Waals surface area contributed by atoms with Gasteiger partial charge in [0, 0.05) is 50.2 Å². The minimum absolute atomic E-state index is 0.0695. The fourth-order valence-corrected chi connectivity index (χ4v) is 5.94. The molecule has 10 heteroatoms. The number of pyridine rings is 2. The van der Waals surface area contributed by atoms with Crippen molar-refractivity contribution >= 4 is 23.7 Å². The number of nitrogens with zero attached hydrogens (tertiary/aromatic N) is 5. The second-order valence-corrected chi connectivity index (χ2v) is 10.4. The molecule has 8 nitrogen and oxygen atoms in total. The quantitative estimate of drug-likeness (QED) is 0.611. The van der Waals surface area contributed by atoms with E-state index in [0.717, 1.165) is 49.8 Å². The van der Waals surface area contributed by atoms with Crippen molar-refractivity contribution in [3.63, 3.8) is 0 Å². The number of hydrogen-bond donors (Lipinski definition) is 3. The number of amidine groups is 1. The summed E-state index contributed by atoms with van der Waals surface area (Å²) in [6, 6.07) is 4.66. The minimum Gasteiger partial charge on any atom is -0.356 e. The van der Waals surface area contributed by atoms with Gasteiger partial charge < -0.3 is 15.5 Å². The van der Waals surface area contributed by atoms with Crippen molar-refractivity contribution in [2.75, 3.05) is 38.0 Å². The van der Waals surface area contributed by atoms with Crippen LogP contribution in [0.1, 0.15) is 24.6 Å². The highest BCUT2D eigenvalue weighted by Gasteiger charge is 2.43. The van der Waals surface area contributed by atoms with Gasteiger partial charge in [0.15, 0.2) is 11.6 Å². The molecule has 4 aliphatic heterocycles. The molecule has 5 aliphatic rings. The summed E-state index contributed by atoms with van der Waals surface area (Å²) in [6.45, 7) is 4.87. The zero-order valence-electron chi connectivity index (χ0n) is 19.8. The molecule has 7 rings (SSSR count). The Labute approximate surface area is 208 Å². The van der Waals surface area contributed by atoms with Crippen molar-refractivity contribution in [1.82, 2.24) is 25.5 Å². The first-order valence-electron chi connectivity index (χ1n) is 12.7. The molecular weight excluding hydrogens is 462 g/mol. The van der Waals surface area contributed by atoms with Crippen LogP contribution in [0.25, 0.3) is 0 Å². The van der Waals surface area contributed by atoms with Gasteiger partial charge in [0.1, 0.15) is 23.6 Å². The number of nitrogens with one attached hydrogen (secondary N) is 3. The van der Waals surface area contributed by atoms with Gasteiger partial charge in [0.2, 0.25) is 0 Å². The average molecular weight is 491 g/mol. The van der Waals surface area contributed by atoms with Crippen LogP contribution in [-0.2, 0) is 0 Å². The highest BCUT2D eigenvalue weighted by molar-refractivity contribution is 6.06. The van der Waals surface area contributed by atoms with Crippen LogP contribution in [0.4, 0.5) is 20.4 Å². The molecular formula is C26H28F2N8. The molecule has 2 aromatic rings. The predicted molar refractivity (Wildman–Crippen MR) is 133 cm³/mol. The smallest absolute Gasteiger partial charge is 0.168 e. The second kappa shape index (κ2) is 8.70. The van der Waals surface area contributed by atoms with Gasteiger partial charge in [-0.25, -0.2) is 23.7 Å². The molecule has 4 unspecified atom stereocenters. The minimum atomic E-state index is -0.769. The molecule has 3 N–H and O–H groups in total. The molecule has 0 radical (unpaired) electrons. The number of hydrogen-bond acceptors (Lipinski definition) is 8. The van der Waals surface area contributed by atoms with Crippen LogP contribution in [0.3, 0.4) is 0 Å². The molecule has 0 amide bonds. The summed E-state index contributed by atoms with van der Waals surface area (Å²) in [7, 11) is 0. The summed E-state index contributed by atoms with van der Waals surface area (Å²) in [6.07, 6.45) is 6.88. The van der Waals surface area contributed by atoms with Crippen molar-refractivity contribution in [3.05, 3.63) is 58.9 Å². The summed E-state index contributed by atoms with van der Waals surface area (Å²) < 4.78 is 27.4. The number of aromatic nitrogens is 2. The van der Waals surface area contributed by atoms with E-state index in [1.54, 1.807) is 6.20 Å². The maximum absolute atomic E-state index is 14.1. The lowest BCUT2D eigenvalue weighted by Crippen LogP contribution is -2.49. The molecule has 3 fully saturated rings. The lowest BCUT2D eigenvalue weighted by molar-refractivity contribution is 0.416. The maximum Gasteiger partial charge on any atom is 0.168 e. The van der Waals surface area contributed by atoms with Crippen LogP contribution in [-0.4, -0.2) is 65.7 Å². The van der Waals surface area contributed by atoms with Gasteiger partial charge in [-0.3, -0.25) is 10.3 Å². The second-order valence-electron chi connectivity index (χ2n) is 10.4. The Balaban J connectivity index is 1.23. The monoisotopic (exact) mass is 490 g/mol. The van der Waals surface area contributed by atoms with Gasteiger partial charge in [-0.15, -0.1) is 0 Å². The molecule has 2 saturated heterocycles. The van der Waals surface area contributed by atoms with Crippen LogP contribution >= 0.6 is 0 Å². The van der Waals surface area contributed by atoms with Gasteiger partial charge in [-0.2, -0.15) is 0 Å². The van der Waals surface area contributed by atoms with Gasteiger partial charge in [0.25, 0.3) is 0 Å². The van der Waals surface area contributed by atoms with Gasteiger partial charge >= 0.3 is 0 Å². The zero-order valence-corrected chi connectivity index (χ0v) is 19.8. The molecule has 186 valence electrons. The third-order valence-electron chi connectivity index (χ3n) is 7.89. The van der Waals surface area contributed by atoms with Crippen LogP contribution in [0.2, 0.25) is 0 Å². The Morgan fingerprint density at radius 1 is 1.06 bits per heavy atom. The number of rotatable bonds is 4. The normalized spacial score (nSPS) is 29.3. The topological polar surface area (TPSA) is 89.8 Å². The summed E-state index contributed by atoms with van der Waals surface area (Å²) in [5, 5.41) is 10.1. The molecule has 0 spiro atoms. The van der Waals surface area contributed by atoms with Gasteiger partial charge in [-0.05, 0) is 53.9 Å². The first-order chi connectivity index (χ1) is 17.6. The fraction of sp³-hybridized carbons (Fsp3) is 0.462. The van der Waals surface area contributed by atoms with Gasteiger partial charge in [0.05, 0.1) is 18.8 Å². The summed E-state index contributed by atoms with van der Waals surface area (Å²) in [4.78, 5) is 20.6. The molecule has 1 aliphatic carbocycles. The Bertz CT molecular complexity index is 1270. The first-order valence-corrected chi connectivity index (χ1v) is 12.7. The SMILES string of the molecule is Fc1cnc(Nc2cc(C3N=C(N4CC5CNCC5C4)C4=C(C5CC5)C=NCC4N3)ccn2)c(F)c1. The van der Waals surface area contributed by atoms with Crippen molar-refractivity contribution in [2.45, 2.75) is 25.0 Å². The summed E-state index contributed by atoms with van der Waals surface area (Å²) in [5.41, 5.74) is 3.58. The molecule has 0 aromatic carbocycles. The average Bonchev–Trinajstić information content (AvgIpc) is 3.51. The Hall–Kier alpha value is -3.24. The molecule has 6 heterocycles. The number of aliphatic imine (C=N–C) groups is 2.